The van der Waals surface area contributed by atoms with Gasteiger partial charge in [0, 0.05) is 48.1 Å². The molecule has 2 aromatic carbocycles. The first kappa shape index (κ1) is 33.1. The topological polar surface area (TPSA) is 120 Å². The zero-order valence-electron chi connectivity index (χ0n) is 29.2. The molecule has 12 heteroatoms. The van der Waals surface area contributed by atoms with Crippen LogP contribution in [0, 0.1) is 52.1 Å². The molecule has 5 aliphatic rings. The van der Waals surface area contributed by atoms with Crippen molar-refractivity contribution in [1.29, 1.82) is 5.26 Å². The van der Waals surface area contributed by atoms with Gasteiger partial charge in [0.1, 0.15) is 34.0 Å². The fourth-order valence-electron chi connectivity index (χ4n) is 9.02. The Labute approximate surface area is 301 Å². The van der Waals surface area contributed by atoms with Crippen LogP contribution >= 0.6 is 0 Å². The van der Waals surface area contributed by atoms with Gasteiger partial charge in [0.25, 0.3) is 0 Å². The molecule has 52 heavy (non-hydrogen) atoms. The summed E-state index contributed by atoms with van der Waals surface area (Å²) >= 11 is 0. The molecule has 9 rings (SSSR count). The van der Waals surface area contributed by atoms with E-state index >= 15 is 8.78 Å². The number of anilines is 1. The largest absolute Gasteiger partial charge is 0.508 e. The summed E-state index contributed by atoms with van der Waals surface area (Å²) < 4.78 is 44.4. The van der Waals surface area contributed by atoms with Crippen LogP contribution in [0.15, 0.2) is 24.3 Å². The van der Waals surface area contributed by atoms with E-state index in [4.69, 9.17) is 20.9 Å². The number of aromatic nitrogens is 3. The minimum absolute atomic E-state index is 0.0447. The second-order valence-corrected chi connectivity index (χ2v) is 15.6. The lowest BCUT2D eigenvalue weighted by Crippen LogP contribution is -2.51. The Morgan fingerprint density at radius 2 is 1.77 bits per heavy atom. The third-order valence-electron chi connectivity index (χ3n) is 12.2. The van der Waals surface area contributed by atoms with Crippen LogP contribution in [0.3, 0.4) is 0 Å². The number of aromatic hydroxyl groups is 1. The minimum atomic E-state index is -0.785. The maximum absolute atomic E-state index is 17.2. The Morgan fingerprint density at radius 3 is 2.42 bits per heavy atom. The fourth-order valence-corrected chi connectivity index (χ4v) is 9.02. The number of nitrogens with zero attached hydrogens (tertiary/aromatic N) is 6. The number of phenolic OH excluding ortho intramolecular Hbond substituents is 1. The number of likely N-dealkylation sites (tertiary alicyclic amines) is 1. The normalized spacial score (nSPS) is 23.4. The highest BCUT2D eigenvalue weighted by atomic mass is 19.1. The molecule has 2 aromatic heterocycles. The van der Waals surface area contributed by atoms with Crippen molar-refractivity contribution >= 4 is 27.5 Å². The second kappa shape index (κ2) is 12.4. The summed E-state index contributed by atoms with van der Waals surface area (Å²) in [5, 5.41) is 25.3. The number of hydrogen-bond acceptors (Lipinski definition) is 10. The number of terminal acetylenes is 1. The van der Waals surface area contributed by atoms with Gasteiger partial charge in [-0.1, -0.05) is 12.0 Å². The van der Waals surface area contributed by atoms with Gasteiger partial charge in [0.2, 0.25) is 5.88 Å². The Kier molecular flexibility index (Phi) is 7.90. The molecular weight excluding hydrogens is 664 g/mol. The zero-order chi connectivity index (χ0) is 35.8. The number of benzene rings is 2. The molecule has 0 radical (unpaired) electrons. The number of halogens is 2. The number of nitriles is 1. The number of rotatable bonds is 9. The van der Waals surface area contributed by atoms with E-state index in [0.717, 1.165) is 58.2 Å². The lowest BCUT2D eigenvalue weighted by Gasteiger charge is -2.39. The van der Waals surface area contributed by atoms with Crippen LogP contribution < -0.4 is 19.7 Å². The summed E-state index contributed by atoms with van der Waals surface area (Å²) in [4.78, 5) is 18.8. The summed E-state index contributed by atoms with van der Waals surface area (Å²) in [5.41, 5.74) is -0.408. The molecule has 3 aliphatic heterocycles. The number of piperidine rings is 1. The Hall–Kier alpha value is -4.78. The van der Waals surface area contributed by atoms with E-state index in [2.05, 4.69) is 37.1 Å². The molecule has 4 aromatic rings. The lowest BCUT2D eigenvalue weighted by molar-refractivity contribution is 0.0915. The molecular formula is C40H41F2N7O3. The number of hydrogen-bond donors (Lipinski definition) is 2. The number of piperazine rings is 1. The molecule has 2 aliphatic carbocycles. The highest BCUT2D eigenvalue weighted by molar-refractivity contribution is 6.04. The SMILES string of the molecule is C#Cc1c(F)ccc2cc(O)cc(-c3nc(OC)c4c(N5CC6CCC(C5)N6)nc(OCC5(CN6CCC(C#N)(C7CC7)CC6)CC5)nc4c3F)c12. The third kappa shape index (κ3) is 5.64. The molecule has 2 bridgehead atoms. The number of methoxy groups -OCH3 is 1. The lowest BCUT2D eigenvalue weighted by atomic mass is 9.75. The monoisotopic (exact) mass is 705 g/mol. The van der Waals surface area contributed by atoms with Gasteiger partial charge < -0.3 is 29.7 Å². The molecule has 2 N–H and O–H groups in total. The average molecular weight is 706 g/mol. The van der Waals surface area contributed by atoms with Gasteiger partial charge in [0.05, 0.1) is 30.8 Å². The van der Waals surface area contributed by atoms with Crippen LogP contribution in [-0.4, -0.2) is 83.5 Å². The number of nitrogens with one attached hydrogen (secondary N) is 1. The summed E-state index contributed by atoms with van der Waals surface area (Å²) in [7, 11) is 1.45. The standard InChI is InChI=1S/C40H41F2N7O3/c1-3-28-30(41)9-4-23-16-27(50)17-29(31(23)28)34-33(42)35-32(37(45-34)51-2)36(49-18-25-7-8-26(19-49)44-25)47-38(46-35)52-22-39(10-11-39)21-48-14-12-40(20-43,13-15-48)24-5-6-24/h1,4,9,16-17,24-26,44,50H,5-8,10-15,18-19,21-22H2,2H3. The number of fused-ring (bicyclic) bond motifs is 4. The van der Waals surface area contributed by atoms with Crippen LogP contribution in [0.5, 0.6) is 17.6 Å². The van der Waals surface area contributed by atoms with E-state index in [1.165, 1.54) is 44.2 Å². The summed E-state index contributed by atoms with van der Waals surface area (Å²) in [6.45, 7) is 4.40. The first-order chi connectivity index (χ1) is 25.2. The molecule has 5 heterocycles. The van der Waals surface area contributed by atoms with E-state index in [1.807, 2.05) is 0 Å². The summed E-state index contributed by atoms with van der Waals surface area (Å²) in [6.07, 6.45) is 14.0. The predicted octanol–water partition coefficient (Wildman–Crippen LogP) is 5.93. The van der Waals surface area contributed by atoms with Crippen molar-refractivity contribution in [3.63, 3.8) is 0 Å². The van der Waals surface area contributed by atoms with Crippen molar-refractivity contribution in [2.75, 3.05) is 51.3 Å². The van der Waals surface area contributed by atoms with E-state index in [9.17, 15) is 10.4 Å². The third-order valence-corrected chi connectivity index (χ3v) is 12.2. The molecule has 0 spiro atoms. The maximum atomic E-state index is 17.2. The Bertz CT molecular complexity index is 2170. The van der Waals surface area contributed by atoms with Crippen LogP contribution in [0.2, 0.25) is 0 Å². The van der Waals surface area contributed by atoms with Gasteiger partial charge in [-0.05, 0) is 94.0 Å². The quantitative estimate of drug-likeness (QED) is 0.203. The number of phenols is 1. The number of ether oxygens (including phenoxy) is 2. The average Bonchev–Trinajstić information content (AvgIpc) is 4.10. The summed E-state index contributed by atoms with van der Waals surface area (Å²) in [5.74, 6) is 1.95. The first-order valence-corrected chi connectivity index (χ1v) is 18.4. The molecule has 2 unspecified atom stereocenters. The molecule has 2 atom stereocenters. The highest BCUT2D eigenvalue weighted by Gasteiger charge is 2.50. The molecule has 5 fully saturated rings. The van der Waals surface area contributed by atoms with Crippen LogP contribution in [0.1, 0.15) is 56.9 Å². The van der Waals surface area contributed by atoms with Gasteiger partial charge in [-0.15, -0.1) is 6.42 Å². The Morgan fingerprint density at radius 1 is 1.02 bits per heavy atom. The van der Waals surface area contributed by atoms with Crippen molar-refractivity contribution in [2.45, 2.75) is 63.5 Å². The van der Waals surface area contributed by atoms with Gasteiger partial charge in [-0.3, -0.25) is 0 Å². The zero-order valence-corrected chi connectivity index (χ0v) is 29.2. The van der Waals surface area contributed by atoms with E-state index in [-0.39, 0.29) is 68.3 Å². The molecule has 3 saturated heterocycles. The van der Waals surface area contributed by atoms with E-state index in [0.29, 0.717) is 42.2 Å². The van der Waals surface area contributed by atoms with E-state index < -0.39 is 11.6 Å². The number of pyridine rings is 1. The van der Waals surface area contributed by atoms with Crippen LogP contribution in [0.25, 0.3) is 32.9 Å². The van der Waals surface area contributed by atoms with Crippen LogP contribution in [-0.2, 0) is 0 Å². The van der Waals surface area contributed by atoms with Crippen molar-refractivity contribution < 1.29 is 23.4 Å². The second-order valence-electron chi connectivity index (χ2n) is 15.6. The molecule has 2 saturated carbocycles. The van der Waals surface area contributed by atoms with Crippen molar-refractivity contribution in [3.05, 3.63) is 41.5 Å². The summed E-state index contributed by atoms with van der Waals surface area (Å²) in [6, 6.07) is 8.76. The predicted molar refractivity (Wildman–Crippen MR) is 192 cm³/mol. The van der Waals surface area contributed by atoms with Gasteiger partial charge >= 0.3 is 6.01 Å². The smallest absolute Gasteiger partial charge is 0.319 e. The van der Waals surface area contributed by atoms with Crippen molar-refractivity contribution in [2.24, 2.45) is 16.7 Å². The van der Waals surface area contributed by atoms with Gasteiger partial charge in [-0.25, -0.2) is 13.8 Å². The molecule has 0 amide bonds. The van der Waals surface area contributed by atoms with Gasteiger partial charge in [-0.2, -0.15) is 15.2 Å². The first-order valence-electron chi connectivity index (χ1n) is 18.4. The maximum Gasteiger partial charge on any atom is 0.319 e. The van der Waals surface area contributed by atoms with Crippen molar-refractivity contribution in [3.8, 4) is 47.3 Å². The van der Waals surface area contributed by atoms with E-state index in [1.54, 1.807) is 0 Å². The van der Waals surface area contributed by atoms with Gasteiger partial charge in [0.15, 0.2) is 5.82 Å². The Balaban J connectivity index is 1.10. The highest BCUT2D eigenvalue weighted by Crippen LogP contribution is 2.53. The molecule has 268 valence electrons. The van der Waals surface area contributed by atoms with Crippen molar-refractivity contribution in [1.82, 2.24) is 25.2 Å². The minimum Gasteiger partial charge on any atom is -0.508 e. The van der Waals surface area contributed by atoms with Crippen LogP contribution in [0.4, 0.5) is 14.6 Å². The fraction of sp³-hybridized carbons (Fsp3) is 0.500. The molecule has 10 nitrogen and oxygen atoms in total.